The molecule has 1 aliphatic rings. The number of hydroxylamine groups is 1. The number of hydrogen-bond donors (Lipinski definition) is 3. The summed E-state index contributed by atoms with van der Waals surface area (Å²) in [5, 5.41) is 13.9. The second-order valence-corrected chi connectivity index (χ2v) is 10.8. The highest BCUT2D eigenvalue weighted by molar-refractivity contribution is 7.93. The molecule has 10 heteroatoms. The molecule has 4 rings (SSSR count). The Bertz CT molecular complexity index is 1330. The molecule has 36 heavy (non-hydrogen) atoms. The van der Waals surface area contributed by atoms with Gasteiger partial charge < -0.3 is 14.8 Å². The predicted molar refractivity (Wildman–Crippen MR) is 133 cm³/mol. The standard InChI is InChI=1S/C26H28N2O7S/c29-24(23-8-3-6-19-5-1-2-7-22(19)23)27-15-4-16-35-20-9-11-21(12-10-20)36(32,33)26(25(30)28-31)13-17-34-18-14-26/h1-3,5-12,31H,4,13-18H2,(H,27,29)(H,28,30). The first-order valence-electron chi connectivity index (χ1n) is 11.6. The molecule has 3 aromatic rings. The molecule has 190 valence electrons. The minimum Gasteiger partial charge on any atom is -0.494 e. The Kier molecular flexibility index (Phi) is 7.88. The van der Waals surface area contributed by atoms with Crippen LogP contribution in [0.4, 0.5) is 0 Å². The molecule has 0 aliphatic carbocycles. The third-order valence-electron chi connectivity index (χ3n) is 6.37. The Morgan fingerprint density at radius 2 is 1.67 bits per heavy atom. The molecule has 1 aliphatic heterocycles. The fourth-order valence-electron chi connectivity index (χ4n) is 4.34. The Hall–Kier alpha value is -3.47. The molecule has 0 saturated carbocycles. The van der Waals surface area contributed by atoms with E-state index in [1.807, 2.05) is 36.4 Å². The van der Waals surface area contributed by atoms with Gasteiger partial charge in [-0.1, -0.05) is 36.4 Å². The first-order valence-corrected chi connectivity index (χ1v) is 13.1. The molecule has 0 unspecified atom stereocenters. The number of amides is 2. The van der Waals surface area contributed by atoms with E-state index in [0.717, 1.165) is 10.8 Å². The van der Waals surface area contributed by atoms with E-state index in [1.54, 1.807) is 6.07 Å². The molecule has 0 bridgehead atoms. The minimum atomic E-state index is -4.09. The Labute approximate surface area is 209 Å². The molecule has 2 amide bonds. The van der Waals surface area contributed by atoms with Crippen molar-refractivity contribution in [2.75, 3.05) is 26.4 Å². The third-order valence-corrected chi connectivity index (χ3v) is 8.89. The molecule has 0 radical (unpaired) electrons. The van der Waals surface area contributed by atoms with Crippen LogP contribution in [0.25, 0.3) is 10.8 Å². The van der Waals surface area contributed by atoms with Crippen LogP contribution in [0.3, 0.4) is 0 Å². The van der Waals surface area contributed by atoms with E-state index in [4.69, 9.17) is 14.7 Å². The Morgan fingerprint density at radius 3 is 2.39 bits per heavy atom. The summed E-state index contributed by atoms with van der Waals surface area (Å²) in [6.45, 7) is 0.932. The van der Waals surface area contributed by atoms with Crippen LogP contribution in [0.2, 0.25) is 0 Å². The van der Waals surface area contributed by atoms with Gasteiger partial charge in [0.05, 0.1) is 11.5 Å². The number of ether oxygens (including phenoxy) is 2. The van der Waals surface area contributed by atoms with Gasteiger partial charge >= 0.3 is 0 Å². The van der Waals surface area contributed by atoms with Crippen molar-refractivity contribution >= 4 is 32.4 Å². The van der Waals surface area contributed by atoms with Gasteiger partial charge in [-0.3, -0.25) is 14.8 Å². The van der Waals surface area contributed by atoms with Crippen LogP contribution in [-0.4, -0.2) is 56.6 Å². The Balaban J connectivity index is 1.31. The number of nitrogens with one attached hydrogen (secondary N) is 2. The summed E-state index contributed by atoms with van der Waals surface area (Å²) < 4.78 is 35.7. The first kappa shape index (κ1) is 25.6. The largest absolute Gasteiger partial charge is 0.494 e. The maximum absolute atomic E-state index is 13.3. The zero-order valence-corrected chi connectivity index (χ0v) is 20.4. The average Bonchev–Trinajstić information content (AvgIpc) is 2.92. The molecule has 3 aromatic carbocycles. The lowest BCUT2D eigenvalue weighted by atomic mass is 9.98. The number of carbonyl (C=O) groups is 2. The van der Waals surface area contributed by atoms with E-state index < -0.39 is 20.5 Å². The summed E-state index contributed by atoms with van der Waals surface area (Å²) in [7, 11) is -4.09. The third kappa shape index (κ3) is 5.06. The van der Waals surface area contributed by atoms with Gasteiger partial charge in [0.1, 0.15) is 5.75 Å². The quantitative estimate of drug-likeness (QED) is 0.228. The Morgan fingerprint density at radius 1 is 0.972 bits per heavy atom. The lowest BCUT2D eigenvalue weighted by Crippen LogP contribution is -2.54. The highest BCUT2D eigenvalue weighted by atomic mass is 32.2. The summed E-state index contributed by atoms with van der Waals surface area (Å²) in [5.41, 5.74) is 2.12. The van der Waals surface area contributed by atoms with E-state index in [-0.39, 0.29) is 36.9 Å². The summed E-state index contributed by atoms with van der Waals surface area (Å²) >= 11 is 0. The molecule has 3 N–H and O–H groups in total. The van der Waals surface area contributed by atoms with Crippen molar-refractivity contribution in [3.63, 3.8) is 0 Å². The van der Waals surface area contributed by atoms with E-state index >= 15 is 0 Å². The minimum absolute atomic E-state index is 0.0392. The van der Waals surface area contributed by atoms with Crippen LogP contribution in [-0.2, 0) is 19.4 Å². The van der Waals surface area contributed by atoms with Gasteiger partial charge in [-0.2, -0.15) is 0 Å². The van der Waals surface area contributed by atoms with E-state index in [0.29, 0.717) is 30.9 Å². The number of rotatable bonds is 9. The van der Waals surface area contributed by atoms with Crippen molar-refractivity contribution < 1.29 is 32.7 Å². The van der Waals surface area contributed by atoms with Crippen LogP contribution in [0.5, 0.6) is 5.75 Å². The van der Waals surface area contributed by atoms with Crippen LogP contribution < -0.4 is 15.5 Å². The first-order chi connectivity index (χ1) is 17.4. The number of carbonyl (C=O) groups excluding carboxylic acids is 2. The molecule has 1 heterocycles. The van der Waals surface area contributed by atoms with E-state index in [1.165, 1.54) is 29.7 Å². The maximum atomic E-state index is 13.3. The molecule has 0 aromatic heterocycles. The average molecular weight is 513 g/mol. The molecule has 1 fully saturated rings. The van der Waals surface area contributed by atoms with Crippen molar-refractivity contribution in [2.45, 2.75) is 28.9 Å². The number of sulfone groups is 1. The highest BCUT2D eigenvalue weighted by Crippen LogP contribution is 2.35. The van der Waals surface area contributed by atoms with E-state index in [2.05, 4.69) is 5.32 Å². The van der Waals surface area contributed by atoms with Crippen molar-refractivity contribution in [1.82, 2.24) is 10.8 Å². The van der Waals surface area contributed by atoms with Crippen LogP contribution in [0, 0.1) is 0 Å². The molecule has 1 saturated heterocycles. The maximum Gasteiger partial charge on any atom is 0.265 e. The lowest BCUT2D eigenvalue weighted by molar-refractivity contribution is -0.134. The lowest BCUT2D eigenvalue weighted by Gasteiger charge is -2.34. The van der Waals surface area contributed by atoms with Gasteiger partial charge in [0.15, 0.2) is 14.6 Å². The van der Waals surface area contributed by atoms with Gasteiger partial charge in [0.25, 0.3) is 11.8 Å². The van der Waals surface area contributed by atoms with Crippen molar-refractivity contribution in [2.24, 2.45) is 0 Å². The highest BCUT2D eigenvalue weighted by Gasteiger charge is 2.52. The number of fused-ring (bicyclic) bond motifs is 1. The SMILES string of the molecule is O=C(NCCCOc1ccc(S(=O)(=O)C2(C(=O)NO)CCOCC2)cc1)c1cccc2ccccc12. The summed E-state index contributed by atoms with van der Waals surface area (Å²) in [4.78, 5) is 24.9. The van der Waals surface area contributed by atoms with Crippen molar-refractivity contribution in [3.05, 3.63) is 72.3 Å². The van der Waals surface area contributed by atoms with Crippen LogP contribution >= 0.6 is 0 Å². The van der Waals surface area contributed by atoms with Crippen LogP contribution in [0.15, 0.2) is 71.6 Å². The normalized spacial score (nSPS) is 15.2. The van der Waals surface area contributed by atoms with Crippen LogP contribution in [0.1, 0.15) is 29.6 Å². The van der Waals surface area contributed by atoms with Gasteiger partial charge in [-0.05, 0) is 60.4 Å². The molecular formula is C26H28N2O7S. The predicted octanol–water partition coefficient (Wildman–Crippen LogP) is 2.87. The zero-order chi connectivity index (χ0) is 25.6. The van der Waals surface area contributed by atoms with Crippen molar-refractivity contribution in [1.29, 1.82) is 0 Å². The van der Waals surface area contributed by atoms with Gasteiger partial charge in [-0.25, -0.2) is 13.9 Å². The number of hydrogen-bond acceptors (Lipinski definition) is 7. The monoisotopic (exact) mass is 512 g/mol. The van der Waals surface area contributed by atoms with Crippen molar-refractivity contribution in [3.8, 4) is 5.75 Å². The summed E-state index contributed by atoms with van der Waals surface area (Å²) in [6.07, 6.45) is 0.450. The fraction of sp³-hybridized carbons (Fsp3) is 0.308. The fourth-order valence-corrected chi connectivity index (χ4v) is 6.28. The van der Waals surface area contributed by atoms with Gasteiger partial charge in [-0.15, -0.1) is 0 Å². The second kappa shape index (κ2) is 11.1. The molecule has 0 spiro atoms. The zero-order valence-electron chi connectivity index (χ0n) is 19.6. The number of benzene rings is 3. The van der Waals surface area contributed by atoms with E-state index in [9.17, 15) is 18.0 Å². The summed E-state index contributed by atoms with van der Waals surface area (Å²) in [6, 6.07) is 19.1. The molecule has 0 atom stereocenters. The van der Waals surface area contributed by atoms with Gasteiger partial charge in [0, 0.05) is 25.3 Å². The molecular weight excluding hydrogens is 484 g/mol. The smallest absolute Gasteiger partial charge is 0.265 e. The molecule has 9 nitrogen and oxygen atoms in total. The topological polar surface area (TPSA) is 131 Å². The second-order valence-electron chi connectivity index (χ2n) is 8.51. The summed E-state index contributed by atoms with van der Waals surface area (Å²) in [5.74, 6) is -0.658. The van der Waals surface area contributed by atoms with Gasteiger partial charge in [0.2, 0.25) is 0 Å².